The fraction of sp³-hybridized carbons (Fsp3) is 0. The molecule has 0 atom stereocenters. The molecule has 0 aromatic carbocycles. The summed E-state index contributed by atoms with van der Waals surface area (Å²) in [4.78, 5) is 1.42. The van der Waals surface area contributed by atoms with Gasteiger partial charge in [0.05, 0.1) is 0 Å². The second-order valence-corrected chi connectivity index (χ2v) is 0.751. The predicted molar refractivity (Wildman–Crippen MR) is 26.8 cm³/mol. The van der Waals surface area contributed by atoms with Crippen molar-refractivity contribution in [3.63, 3.8) is 0 Å². The Labute approximate surface area is 65.5 Å². The Balaban J connectivity index is 0. The van der Waals surface area contributed by atoms with E-state index >= 15 is 0 Å². The summed E-state index contributed by atoms with van der Waals surface area (Å²) in [6.07, 6.45) is -1.83. The maximum atomic E-state index is 10.5. The van der Waals surface area contributed by atoms with Crippen LogP contribution < -0.4 is 0 Å². The molecule has 0 fully saturated rings. The van der Waals surface area contributed by atoms with Gasteiger partial charge >= 0.3 is 30.0 Å². The zero-order valence-corrected chi connectivity index (χ0v) is 9.36. The van der Waals surface area contributed by atoms with Crippen LogP contribution in [0.4, 0.5) is 8.78 Å². The van der Waals surface area contributed by atoms with Gasteiger partial charge in [-0.15, -0.1) is 0 Å². The third-order valence-corrected chi connectivity index (χ3v) is 0.371. The Kier molecular flexibility index (Phi) is 16.1. The van der Waals surface area contributed by atoms with Gasteiger partial charge in [-0.05, 0) is 0 Å². The van der Waals surface area contributed by atoms with E-state index in [1.54, 1.807) is 0 Å². The van der Waals surface area contributed by atoms with Gasteiger partial charge in [0.25, 0.3) is 0 Å². The second kappa shape index (κ2) is 10.2. The Morgan fingerprint density at radius 1 is 1.43 bits per heavy atom. The van der Waals surface area contributed by atoms with Crippen LogP contribution in [0.5, 0.6) is 0 Å². The van der Waals surface area contributed by atoms with Gasteiger partial charge in [-0.1, -0.05) is 0 Å². The van der Waals surface area contributed by atoms with Gasteiger partial charge < -0.3 is 20.9 Å². The van der Waals surface area contributed by atoms with E-state index in [4.69, 9.17) is 0 Å². The second-order valence-electron chi connectivity index (χ2n) is 0.355. The predicted octanol–water partition coefficient (Wildman–Crippen LogP) is 2.77. The molecule has 5 heteroatoms. The van der Waals surface area contributed by atoms with Crippen molar-refractivity contribution < 1.29 is 25.1 Å². The fourth-order valence-corrected chi connectivity index (χ4v) is 0. The Bertz CT molecular complexity index is 51.7. The molecule has 0 bridgehead atoms. The first-order valence-electron chi connectivity index (χ1n) is 1.08. The maximum absolute atomic E-state index is 10.5. The van der Waals surface area contributed by atoms with E-state index in [0.29, 0.717) is 0 Å². The SMILES string of the molecule is FC(F)=[C-]Br.[Zn+][Br]. The molecule has 0 radical (unpaired) electrons. The van der Waals surface area contributed by atoms with Crippen molar-refractivity contribution in [2.24, 2.45) is 0 Å². The van der Waals surface area contributed by atoms with Crippen molar-refractivity contribution in [3.8, 4) is 0 Å². The molecule has 0 aliphatic rings. The minimum absolute atomic E-state index is 1.19. The minimum atomic E-state index is -1.83. The molecule has 0 unspecified atom stereocenters. The summed E-state index contributed by atoms with van der Waals surface area (Å²) in [6, 6.07) is 0. The first kappa shape index (κ1) is 11.0. The normalized spacial score (nSPS) is 6.00. The van der Waals surface area contributed by atoms with E-state index in [2.05, 4.69) is 29.6 Å². The van der Waals surface area contributed by atoms with Gasteiger partial charge in [0.2, 0.25) is 0 Å². The van der Waals surface area contributed by atoms with Crippen LogP contribution in [0.2, 0.25) is 0 Å². The first-order valence-corrected chi connectivity index (χ1v) is 8.83. The summed E-state index contributed by atoms with van der Waals surface area (Å²) >= 11 is 6.53. The molecule has 0 saturated carbocycles. The Morgan fingerprint density at radius 2 is 1.57 bits per heavy atom. The molecule has 0 rings (SSSR count). The number of hydrogen-bond acceptors (Lipinski definition) is 0. The summed E-state index contributed by atoms with van der Waals surface area (Å²) in [5.41, 5.74) is 0. The molecule has 0 aromatic heterocycles. The average Bonchev–Trinajstić information content (AvgIpc) is 1.73. The molecular formula is C2Br2F2Zn. The van der Waals surface area contributed by atoms with Crippen molar-refractivity contribution >= 4 is 29.6 Å². The van der Waals surface area contributed by atoms with Crippen molar-refractivity contribution in [1.82, 2.24) is 0 Å². The summed E-state index contributed by atoms with van der Waals surface area (Å²) in [6.45, 7) is 0. The molecule has 0 spiro atoms. The van der Waals surface area contributed by atoms with Crippen molar-refractivity contribution in [3.05, 3.63) is 11.1 Å². The molecule has 7 heavy (non-hydrogen) atoms. The molecule has 0 amide bonds. The zero-order chi connectivity index (χ0) is 6.28. The molecule has 0 heterocycles. The monoisotopic (exact) mass is 284 g/mol. The fourth-order valence-electron chi connectivity index (χ4n) is 0. The molecule has 0 aliphatic carbocycles. The van der Waals surface area contributed by atoms with Crippen molar-refractivity contribution in [2.75, 3.05) is 0 Å². The standard InChI is InChI=1S/C2BrF2.BrH.Zn/c3-1-2(4)5;;/h;1H;/q-1;;+2/p-1. The van der Waals surface area contributed by atoms with Crippen molar-refractivity contribution in [1.29, 1.82) is 0 Å². The molecule has 0 aromatic rings. The van der Waals surface area contributed by atoms with Gasteiger partial charge in [0.1, 0.15) is 6.08 Å². The number of rotatable bonds is 0. The molecular weight excluding hydrogens is 287 g/mol. The van der Waals surface area contributed by atoms with Gasteiger partial charge in [0.15, 0.2) is 0 Å². The molecule has 0 nitrogen and oxygen atoms in total. The van der Waals surface area contributed by atoms with Gasteiger partial charge in [0, 0.05) is 0 Å². The van der Waals surface area contributed by atoms with E-state index in [9.17, 15) is 8.78 Å². The topological polar surface area (TPSA) is 0 Å². The number of hydrogen-bond donors (Lipinski definition) is 0. The third kappa shape index (κ3) is 19.0. The van der Waals surface area contributed by atoms with Gasteiger partial charge in [-0.3, -0.25) is 0 Å². The van der Waals surface area contributed by atoms with Crippen LogP contribution in [-0.2, 0) is 16.3 Å². The summed E-state index contributed by atoms with van der Waals surface area (Å²) in [5.74, 6) is 0. The van der Waals surface area contributed by atoms with Gasteiger partial charge in [-0.2, -0.15) is 0 Å². The van der Waals surface area contributed by atoms with Crippen LogP contribution in [-0.4, -0.2) is 0 Å². The molecule has 0 aliphatic heterocycles. The summed E-state index contributed by atoms with van der Waals surface area (Å²) in [7, 11) is 0. The van der Waals surface area contributed by atoms with Crippen LogP contribution in [0.1, 0.15) is 0 Å². The van der Waals surface area contributed by atoms with E-state index < -0.39 is 6.08 Å². The van der Waals surface area contributed by atoms with Crippen LogP contribution in [0.3, 0.4) is 0 Å². The molecule has 0 N–H and O–H groups in total. The molecule has 0 saturated heterocycles. The quantitative estimate of drug-likeness (QED) is 0.475. The first-order chi connectivity index (χ1) is 3.27. The van der Waals surface area contributed by atoms with E-state index in [1.165, 1.54) is 21.3 Å². The van der Waals surface area contributed by atoms with E-state index in [1.807, 2.05) is 0 Å². The number of halogens is 4. The van der Waals surface area contributed by atoms with E-state index in [-0.39, 0.29) is 0 Å². The zero-order valence-electron chi connectivity index (χ0n) is 3.22. The summed E-state index contributed by atoms with van der Waals surface area (Å²) < 4.78 is 21.0. The van der Waals surface area contributed by atoms with Gasteiger partial charge in [-0.25, -0.2) is 8.78 Å². The van der Waals surface area contributed by atoms with Crippen LogP contribution in [0, 0.1) is 4.99 Å². The molecule has 38 valence electrons. The van der Waals surface area contributed by atoms with Crippen LogP contribution >= 0.6 is 29.6 Å². The van der Waals surface area contributed by atoms with Crippen LogP contribution in [0.25, 0.3) is 0 Å². The van der Waals surface area contributed by atoms with E-state index in [0.717, 1.165) is 0 Å². The Morgan fingerprint density at radius 3 is 1.57 bits per heavy atom. The summed E-state index contributed by atoms with van der Waals surface area (Å²) in [5, 5.41) is 0. The Hall–Kier alpha value is 1.18. The third-order valence-electron chi connectivity index (χ3n) is 0.0714. The van der Waals surface area contributed by atoms with Crippen molar-refractivity contribution in [2.45, 2.75) is 0 Å². The van der Waals surface area contributed by atoms with Crippen LogP contribution in [0.15, 0.2) is 6.08 Å². The average molecular weight is 287 g/mol.